The van der Waals surface area contributed by atoms with Gasteiger partial charge in [0.1, 0.15) is 0 Å². The second-order valence-electron chi connectivity index (χ2n) is 5.83. The van der Waals surface area contributed by atoms with Gasteiger partial charge in [-0.25, -0.2) is 9.69 Å². The smallest absolute Gasteiger partial charge is 0.337 e. The molecule has 2 aliphatic carbocycles. The highest BCUT2D eigenvalue weighted by Gasteiger charge is 2.59. The Morgan fingerprint density at radius 3 is 2.19 bits per heavy atom. The van der Waals surface area contributed by atoms with Gasteiger partial charge in [0.05, 0.1) is 23.1 Å². The van der Waals surface area contributed by atoms with E-state index >= 15 is 0 Å². The van der Waals surface area contributed by atoms with Crippen LogP contribution in [0.25, 0.3) is 0 Å². The minimum absolute atomic E-state index is 0.0144. The zero-order valence-electron chi connectivity index (χ0n) is 11.1. The summed E-state index contributed by atoms with van der Waals surface area (Å²) in [6, 6.07) is 6.17. The molecule has 5 nitrogen and oxygen atoms in total. The molecule has 2 amide bonds. The van der Waals surface area contributed by atoms with Gasteiger partial charge in [-0.05, 0) is 30.4 Å². The first-order valence-electron chi connectivity index (χ1n) is 6.98. The number of anilines is 1. The Balaban J connectivity index is 1.80. The number of rotatable bonds is 2. The molecule has 1 N–H and O–H groups in total. The molecule has 4 atom stereocenters. The summed E-state index contributed by atoms with van der Waals surface area (Å²) in [5.41, 5.74) is 0.174. The highest BCUT2D eigenvalue weighted by atomic mass is 16.4. The molecule has 1 aromatic carbocycles. The zero-order chi connectivity index (χ0) is 14.7. The maximum Gasteiger partial charge on any atom is 0.337 e. The van der Waals surface area contributed by atoms with Crippen molar-refractivity contribution in [2.75, 3.05) is 4.90 Å². The number of allylic oxidation sites excluding steroid dienone is 2. The number of benzene rings is 1. The number of para-hydroxylation sites is 1. The van der Waals surface area contributed by atoms with E-state index in [-0.39, 0.29) is 46.7 Å². The largest absolute Gasteiger partial charge is 0.478 e. The van der Waals surface area contributed by atoms with Gasteiger partial charge in [0.25, 0.3) is 0 Å². The fourth-order valence-electron chi connectivity index (χ4n) is 3.99. The van der Waals surface area contributed by atoms with Crippen LogP contribution < -0.4 is 4.90 Å². The molecule has 3 aliphatic rings. The number of imide groups is 1. The van der Waals surface area contributed by atoms with Gasteiger partial charge in [-0.2, -0.15) is 0 Å². The Labute approximate surface area is 120 Å². The summed E-state index contributed by atoms with van der Waals surface area (Å²) in [5.74, 6) is -2.02. The van der Waals surface area contributed by atoms with Crippen LogP contribution in [0.1, 0.15) is 16.8 Å². The number of aromatic carboxylic acids is 1. The van der Waals surface area contributed by atoms with Crippen LogP contribution in [0, 0.1) is 23.7 Å². The van der Waals surface area contributed by atoms with Crippen LogP contribution >= 0.6 is 0 Å². The third-order valence-electron chi connectivity index (χ3n) is 4.85. The normalized spacial score (nSPS) is 32.9. The van der Waals surface area contributed by atoms with Gasteiger partial charge < -0.3 is 5.11 Å². The summed E-state index contributed by atoms with van der Waals surface area (Å²) in [5, 5.41) is 9.26. The van der Waals surface area contributed by atoms with Crippen molar-refractivity contribution in [3.8, 4) is 0 Å². The van der Waals surface area contributed by atoms with Crippen molar-refractivity contribution >= 4 is 23.5 Å². The van der Waals surface area contributed by atoms with E-state index in [1.165, 1.54) is 12.1 Å². The van der Waals surface area contributed by atoms with Crippen LogP contribution in [-0.2, 0) is 9.59 Å². The van der Waals surface area contributed by atoms with E-state index in [0.717, 1.165) is 11.3 Å². The molecule has 1 saturated heterocycles. The van der Waals surface area contributed by atoms with E-state index in [2.05, 4.69) is 0 Å². The van der Waals surface area contributed by atoms with Crippen LogP contribution in [0.3, 0.4) is 0 Å². The van der Waals surface area contributed by atoms with E-state index in [0.29, 0.717) is 0 Å². The molecule has 2 bridgehead atoms. The number of hydrogen-bond acceptors (Lipinski definition) is 3. The Morgan fingerprint density at radius 2 is 1.62 bits per heavy atom. The van der Waals surface area contributed by atoms with Crippen molar-refractivity contribution in [1.82, 2.24) is 0 Å². The molecular formula is C16H13NO4. The molecule has 0 spiro atoms. The number of nitrogens with zero attached hydrogens (tertiary/aromatic N) is 1. The fourth-order valence-corrected chi connectivity index (χ4v) is 3.99. The third kappa shape index (κ3) is 1.48. The molecule has 0 unspecified atom stereocenters. The van der Waals surface area contributed by atoms with Crippen molar-refractivity contribution in [2.24, 2.45) is 23.7 Å². The molecule has 1 aromatic rings. The number of fused-ring (bicyclic) bond motifs is 5. The Morgan fingerprint density at radius 1 is 1.05 bits per heavy atom. The third-order valence-corrected chi connectivity index (χ3v) is 4.85. The first-order valence-corrected chi connectivity index (χ1v) is 6.98. The number of amides is 2. The zero-order valence-corrected chi connectivity index (χ0v) is 11.1. The van der Waals surface area contributed by atoms with Crippen molar-refractivity contribution in [2.45, 2.75) is 6.42 Å². The number of carboxylic acid groups (broad SMARTS) is 1. The molecule has 1 saturated carbocycles. The average Bonchev–Trinajstić information content (AvgIpc) is 3.13. The predicted molar refractivity (Wildman–Crippen MR) is 73.6 cm³/mol. The molecule has 1 aliphatic heterocycles. The van der Waals surface area contributed by atoms with Crippen LogP contribution in [-0.4, -0.2) is 22.9 Å². The van der Waals surface area contributed by atoms with Gasteiger partial charge in [-0.15, -0.1) is 0 Å². The first-order chi connectivity index (χ1) is 10.1. The van der Waals surface area contributed by atoms with Gasteiger partial charge >= 0.3 is 5.97 Å². The summed E-state index contributed by atoms with van der Waals surface area (Å²) in [7, 11) is 0. The van der Waals surface area contributed by atoms with Gasteiger partial charge in [0.2, 0.25) is 11.8 Å². The lowest BCUT2D eigenvalue weighted by Gasteiger charge is -2.19. The number of carboxylic acids is 1. The maximum absolute atomic E-state index is 12.6. The Bertz CT molecular complexity index is 678. The summed E-state index contributed by atoms with van der Waals surface area (Å²) in [6.45, 7) is 0. The minimum atomic E-state index is -1.13. The van der Waals surface area contributed by atoms with Crippen LogP contribution in [0.15, 0.2) is 36.4 Å². The number of carbonyl (C=O) groups is 3. The molecule has 5 heteroatoms. The van der Waals surface area contributed by atoms with E-state index in [4.69, 9.17) is 0 Å². The monoisotopic (exact) mass is 283 g/mol. The minimum Gasteiger partial charge on any atom is -0.478 e. The highest BCUT2D eigenvalue weighted by Crippen LogP contribution is 2.53. The van der Waals surface area contributed by atoms with Gasteiger partial charge in [0.15, 0.2) is 0 Å². The molecule has 0 aromatic heterocycles. The average molecular weight is 283 g/mol. The molecule has 4 rings (SSSR count). The quantitative estimate of drug-likeness (QED) is 0.662. The van der Waals surface area contributed by atoms with Crippen LogP contribution in [0.5, 0.6) is 0 Å². The molecule has 0 radical (unpaired) electrons. The second-order valence-corrected chi connectivity index (χ2v) is 5.83. The molecule has 21 heavy (non-hydrogen) atoms. The van der Waals surface area contributed by atoms with Gasteiger partial charge in [-0.3, -0.25) is 9.59 Å². The lowest BCUT2D eigenvalue weighted by Crippen LogP contribution is -2.34. The van der Waals surface area contributed by atoms with Gasteiger partial charge in [-0.1, -0.05) is 24.3 Å². The van der Waals surface area contributed by atoms with Crippen molar-refractivity contribution in [3.05, 3.63) is 42.0 Å². The van der Waals surface area contributed by atoms with E-state index < -0.39 is 5.97 Å². The predicted octanol–water partition coefficient (Wildman–Crippen LogP) is 1.70. The molecule has 2 fully saturated rings. The summed E-state index contributed by atoms with van der Waals surface area (Å²) in [4.78, 5) is 37.7. The lowest BCUT2D eigenvalue weighted by atomic mass is 9.85. The standard InChI is InChI=1S/C16H13NO4/c18-14-12-8-5-6-9(7-8)13(12)15(19)17(14)11-4-2-1-3-10(11)16(20)21/h1-6,8-9,12-13H,7H2,(H,20,21)/t8-,9+,12-,13+. The van der Waals surface area contributed by atoms with Crippen LogP contribution in [0.4, 0.5) is 5.69 Å². The molecular weight excluding hydrogens is 270 g/mol. The first kappa shape index (κ1) is 12.3. The van der Waals surface area contributed by atoms with E-state index in [1.807, 2.05) is 12.2 Å². The lowest BCUT2D eigenvalue weighted by molar-refractivity contribution is -0.123. The fraction of sp³-hybridized carbons (Fsp3) is 0.312. The summed E-state index contributed by atoms with van der Waals surface area (Å²) in [6.07, 6.45) is 4.90. The Hall–Kier alpha value is -2.43. The summed E-state index contributed by atoms with van der Waals surface area (Å²) < 4.78 is 0. The second kappa shape index (κ2) is 4.04. The van der Waals surface area contributed by atoms with E-state index in [1.54, 1.807) is 12.1 Å². The van der Waals surface area contributed by atoms with Gasteiger partial charge in [0, 0.05) is 0 Å². The van der Waals surface area contributed by atoms with Crippen molar-refractivity contribution in [3.63, 3.8) is 0 Å². The van der Waals surface area contributed by atoms with Crippen molar-refractivity contribution in [1.29, 1.82) is 0 Å². The Kier molecular flexibility index (Phi) is 2.37. The van der Waals surface area contributed by atoms with E-state index in [9.17, 15) is 19.5 Å². The molecule has 106 valence electrons. The maximum atomic E-state index is 12.6. The number of carbonyl (C=O) groups excluding carboxylic acids is 2. The SMILES string of the molecule is O=C(O)c1ccccc1N1C(=O)[C@@H]2[C@H](C1=O)[C@@H]1C=C[C@H]2C1. The summed E-state index contributed by atoms with van der Waals surface area (Å²) >= 11 is 0. The number of hydrogen-bond donors (Lipinski definition) is 1. The highest BCUT2D eigenvalue weighted by molar-refractivity contribution is 6.24. The topological polar surface area (TPSA) is 74.7 Å². The molecule has 1 heterocycles. The van der Waals surface area contributed by atoms with Crippen LogP contribution in [0.2, 0.25) is 0 Å². The van der Waals surface area contributed by atoms with Crippen molar-refractivity contribution < 1.29 is 19.5 Å².